The van der Waals surface area contributed by atoms with Crippen LogP contribution in [0.5, 0.6) is 5.75 Å². The van der Waals surface area contributed by atoms with Crippen molar-refractivity contribution in [3.8, 4) is 11.4 Å². The molecule has 9 heteroatoms. The zero-order valence-corrected chi connectivity index (χ0v) is 15.9. The molecule has 0 bridgehead atoms. The van der Waals surface area contributed by atoms with Gasteiger partial charge >= 0.3 is 6.61 Å². The second-order valence-electron chi connectivity index (χ2n) is 6.69. The minimum atomic E-state index is -2.88. The van der Waals surface area contributed by atoms with Crippen molar-refractivity contribution in [2.75, 3.05) is 25.0 Å². The summed E-state index contributed by atoms with van der Waals surface area (Å²) in [4.78, 5) is 12.5. The highest BCUT2D eigenvalue weighted by Gasteiger charge is 2.16. The van der Waals surface area contributed by atoms with Crippen molar-refractivity contribution in [1.29, 1.82) is 0 Å². The number of halogens is 2. The van der Waals surface area contributed by atoms with Crippen molar-refractivity contribution in [3.63, 3.8) is 0 Å². The Hall–Kier alpha value is -3.30. The van der Waals surface area contributed by atoms with Gasteiger partial charge in [0.05, 0.1) is 30.2 Å². The zero-order valence-electron chi connectivity index (χ0n) is 15.9. The summed E-state index contributed by atoms with van der Waals surface area (Å²) in [6.07, 6.45) is 3.02. The average molecular weight is 414 g/mol. The Morgan fingerprint density at radius 1 is 1.20 bits per heavy atom. The number of amides is 1. The molecule has 156 valence electrons. The van der Waals surface area contributed by atoms with Crippen LogP contribution in [0.1, 0.15) is 22.0 Å². The summed E-state index contributed by atoms with van der Waals surface area (Å²) < 4.78 is 36.0. The first-order chi connectivity index (χ1) is 14.6. The fourth-order valence-corrected chi connectivity index (χ4v) is 3.13. The number of morpholine rings is 1. The number of carbonyl (C=O) groups excluding carboxylic acids is 1. The van der Waals surface area contributed by atoms with E-state index in [4.69, 9.17) is 4.74 Å². The molecule has 0 radical (unpaired) electrons. The van der Waals surface area contributed by atoms with Crippen molar-refractivity contribution < 1.29 is 23.0 Å². The lowest BCUT2D eigenvalue weighted by Gasteiger charge is -2.24. The molecule has 0 spiro atoms. The topological polar surface area (TPSA) is 77.4 Å². The molecule has 1 atom stereocenters. The molecule has 3 aromatic rings. The molecule has 7 nitrogen and oxygen atoms in total. The van der Waals surface area contributed by atoms with Crippen LogP contribution < -0.4 is 15.4 Å². The summed E-state index contributed by atoms with van der Waals surface area (Å²) in [5, 5.41) is 10.3. The molecule has 2 aromatic carbocycles. The largest absolute Gasteiger partial charge is 0.435 e. The van der Waals surface area contributed by atoms with Gasteiger partial charge in [0.1, 0.15) is 5.75 Å². The van der Waals surface area contributed by atoms with E-state index in [9.17, 15) is 13.6 Å². The summed E-state index contributed by atoms with van der Waals surface area (Å²) in [5.41, 5.74) is 2.69. The first-order valence-electron chi connectivity index (χ1n) is 9.42. The number of benzene rings is 2. The molecule has 1 unspecified atom stereocenters. The Bertz CT molecular complexity index is 984. The molecule has 1 saturated heterocycles. The van der Waals surface area contributed by atoms with Crippen molar-refractivity contribution in [2.24, 2.45) is 0 Å². The van der Waals surface area contributed by atoms with E-state index in [1.54, 1.807) is 18.3 Å². The van der Waals surface area contributed by atoms with Crippen LogP contribution in [0.4, 0.5) is 14.5 Å². The van der Waals surface area contributed by atoms with Crippen molar-refractivity contribution in [2.45, 2.75) is 12.7 Å². The van der Waals surface area contributed by atoms with Gasteiger partial charge in [-0.1, -0.05) is 12.1 Å². The molecule has 1 aromatic heterocycles. The van der Waals surface area contributed by atoms with Crippen LogP contribution >= 0.6 is 0 Å². The molecule has 1 aliphatic heterocycles. The lowest BCUT2D eigenvalue weighted by molar-refractivity contribution is -0.0498. The maximum absolute atomic E-state index is 12.5. The number of nitrogens with one attached hydrogen (secondary N) is 2. The Balaban J connectivity index is 1.39. The highest BCUT2D eigenvalue weighted by molar-refractivity contribution is 6.04. The first kappa shape index (κ1) is 20.0. The Morgan fingerprint density at radius 2 is 1.97 bits per heavy atom. The molecule has 2 heterocycles. The first-order valence-corrected chi connectivity index (χ1v) is 9.42. The monoisotopic (exact) mass is 414 g/mol. The van der Waals surface area contributed by atoms with Crippen LogP contribution in [0.3, 0.4) is 0 Å². The van der Waals surface area contributed by atoms with Gasteiger partial charge in [-0.25, -0.2) is 4.68 Å². The van der Waals surface area contributed by atoms with E-state index in [0.29, 0.717) is 23.5 Å². The minimum Gasteiger partial charge on any atom is -0.435 e. The van der Waals surface area contributed by atoms with Crippen molar-refractivity contribution in [3.05, 3.63) is 72.1 Å². The number of hydrogen-bond acceptors (Lipinski definition) is 5. The number of rotatable bonds is 6. The van der Waals surface area contributed by atoms with E-state index in [1.807, 2.05) is 24.3 Å². The number of hydrogen-bond donors (Lipinski definition) is 2. The van der Waals surface area contributed by atoms with Crippen LogP contribution in [0.2, 0.25) is 0 Å². The van der Waals surface area contributed by atoms with Gasteiger partial charge in [0.2, 0.25) is 0 Å². The molecule has 1 aliphatic rings. The molecule has 30 heavy (non-hydrogen) atoms. The van der Waals surface area contributed by atoms with Crippen molar-refractivity contribution >= 4 is 11.6 Å². The molecule has 2 N–H and O–H groups in total. The molecule has 4 rings (SSSR count). The van der Waals surface area contributed by atoms with E-state index in [-0.39, 0.29) is 17.8 Å². The van der Waals surface area contributed by atoms with Gasteiger partial charge in [-0.05, 0) is 42.0 Å². The number of aromatic nitrogens is 2. The van der Waals surface area contributed by atoms with Crippen LogP contribution in [0.25, 0.3) is 5.69 Å². The second kappa shape index (κ2) is 9.02. The summed E-state index contributed by atoms with van der Waals surface area (Å²) in [6, 6.07) is 13.5. The van der Waals surface area contributed by atoms with Gasteiger partial charge in [-0.3, -0.25) is 4.79 Å². The van der Waals surface area contributed by atoms with Crippen LogP contribution in [0.15, 0.2) is 60.9 Å². The predicted octanol–water partition coefficient (Wildman–Crippen LogP) is 3.39. The Labute approximate surface area is 171 Å². The third-order valence-electron chi connectivity index (χ3n) is 4.64. The van der Waals surface area contributed by atoms with Crippen LogP contribution in [0, 0.1) is 0 Å². The smallest absolute Gasteiger partial charge is 0.387 e. The van der Waals surface area contributed by atoms with E-state index in [1.165, 1.54) is 23.0 Å². The lowest BCUT2D eigenvalue weighted by Crippen LogP contribution is -2.33. The molecule has 0 saturated carbocycles. The summed E-state index contributed by atoms with van der Waals surface area (Å²) in [7, 11) is 0. The second-order valence-corrected chi connectivity index (χ2v) is 6.69. The average Bonchev–Trinajstić information content (AvgIpc) is 3.25. The molecular weight excluding hydrogens is 394 g/mol. The fourth-order valence-electron chi connectivity index (χ4n) is 3.13. The van der Waals surface area contributed by atoms with Gasteiger partial charge in [0, 0.05) is 25.0 Å². The van der Waals surface area contributed by atoms with E-state index >= 15 is 0 Å². The van der Waals surface area contributed by atoms with Crippen LogP contribution in [-0.4, -0.2) is 42.0 Å². The lowest BCUT2D eigenvalue weighted by atomic mass is 10.1. The third kappa shape index (κ3) is 4.81. The van der Waals surface area contributed by atoms with Crippen molar-refractivity contribution in [1.82, 2.24) is 15.1 Å². The summed E-state index contributed by atoms with van der Waals surface area (Å²) in [6.45, 7) is -0.585. The summed E-state index contributed by atoms with van der Waals surface area (Å²) in [5.74, 6) is -0.251. The summed E-state index contributed by atoms with van der Waals surface area (Å²) >= 11 is 0. The fraction of sp³-hybridized carbons (Fsp3) is 0.238. The maximum Gasteiger partial charge on any atom is 0.387 e. The molecule has 1 fully saturated rings. The molecular formula is C21H20F2N4O3. The Kier molecular flexibility index (Phi) is 6.01. The maximum atomic E-state index is 12.5. The third-order valence-corrected chi connectivity index (χ3v) is 4.64. The normalized spacial score (nSPS) is 16.4. The standard InChI is InChI=1S/C21H20F2N4O3/c22-21(23)30-18-7-5-17(6-8-18)27-13-15(11-25-27)20(28)26-16-3-1-14(2-4-16)19-12-24-9-10-29-19/h1-8,11,13,19,21,24H,9-10,12H2,(H,26,28). The SMILES string of the molecule is O=C(Nc1ccc(C2CNCCO2)cc1)c1cnn(-c2ccc(OC(F)F)cc2)c1. The zero-order chi connectivity index (χ0) is 20.9. The molecule has 0 aliphatic carbocycles. The quantitative estimate of drug-likeness (QED) is 0.647. The van der Waals surface area contributed by atoms with Crippen LogP contribution in [-0.2, 0) is 4.74 Å². The molecule has 1 amide bonds. The van der Waals surface area contributed by atoms with E-state index < -0.39 is 6.61 Å². The van der Waals surface area contributed by atoms with E-state index in [2.05, 4.69) is 20.5 Å². The number of nitrogens with zero attached hydrogens (tertiary/aromatic N) is 2. The van der Waals surface area contributed by atoms with E-state index in [0.717, 1.165) is 18.7 Å². The number of carbonyl (C=O) groups is 1. The Morgan fingerprint density at radius 3 is 2.63 bits per heavy atom. The van der Waals surface area contributed by atoms with Gasteiger partial charge in [-0.15, -0.1) is 0 Å². The van der Waals surface area contributed by atoms with Gasteiger partial charge in [0.15, 0.2) is 0 Å². The number of ether oxygens (including phenoxy) is 2. The minimum absolute atomic E-state index is 0.0132. The van der Waals surface area contributed by atoms with Gasteiger partial charge < -0.3 is 20.1 Å². The highest BCUT2D eigenvalue weighted by atomic mass is 19.3. The highest BCUT2D eigenvalue weighted by Crippen LogP contribution is 2.21. The number of alkyl halides is 2. The number of anilines is 1. The predicted molar refractivity (Wildman–Crippen MR) is 106 cm³/mol. The van der Waals surface area contributed by atoms with Gasteiger partial charge in [0.25, 0.3) is 5.91 Å². The van der Waals surface area contributed by atoms with Gasteiger partial charge in [-0.2, -0.15) is 13.9 Å².